The van der Waals surface area contributed by atoms with Crippen molar-refractivity contribution in [3.05, 3.63) is 35.4 Å². The Bertz CT molecular complexity index is 480. The van der Waals surface area contributed by atoms with Crippen LogP contribution in [0.3, 0.4) is 0 Å². The summed E-state index contributed by atoms with van der Waals surface area (Å²) in [6, 6.07) is 4.87. The summed E-state index contributed by atoms with van der Waals surface area (Å²) in [4.78, 5) is 12.0. The number of rotatable bonds is 2. The van der Waals surface area contributed by atoms with Crippen molar-refractivity contribution in [2.24, 2.45) is 5.73 Å². The highest BCUT2D eigenvalue weighted by Crippen LogP contribution is 2.32. The molecule has 1 amide bonds. The minimum Gasteiger partial charge on any atom is -0.349 e. The smallest absolute Gasteiger partial charge is 0.349 e. The van der Waals surface area contributed by atoms with Crippen molar-refractivity contribution in [3.8, 4) is 0 Å². The average molecular weight is 286 g/mol. The van der Waals surface area contributed by atoms with Crippen molar-refractivity contribution >= 4 is 5.91 Å². The lowest BCUT2D eigenvalue weighted by Crippen LogP contribution is -2.41. The SMILES string of the molecule is NC1CCC(NC(=O)c2ccccc2C(F)(F)F)CC1. The van der Waals surface area contributed by atoms with E-state index in [0.29, 0.717) is 12.8 Å². The number of carbonyl (C=O) groups is 1. The van der Waals surface area contributed by atoms with Gasteiger partial charge in [0, 0.05) is 12.1 Å². The molecule has 0 spiro atoms. The Hall–Kier alpha value is -1.56. The van der Waals surface area contributed by atoms with Crippen molar-refractivity contribution in [2.45, 2.75) is 43.9 Å². The summed E-state index contributed by atoms with van der Waals surface area (Å²) < 4.78 is 38.5. The lowest BCUT2D eigenvalue weighted by Gasteiger charge is -2.27. The van der Waals surface area contributed by atoms with Gasteiger partial charge in [0.2, 0.25) is 0 Å². The number of benzene rings is 1. The van der Waals surface area contributed by atoms with E-state index in [1.54, 1.807) is 0 Å². The summed E-state index contributed by atoms with van der Waals surface area (Å²) in [7, 11) is 0. The van der Waals surface area contributed by atoms with Gasteiger partial charge in [-0.2, -0.15) is 13.2 Å². The lowest BCUT2D eigenvalue weighted by molar-refractivity contribution is -0.137. The molecule has 3 nitrogen and oxygen atoms in total. The van der Waals surface area contributed by atoms with Crippen LogP contribution >= 0.6 is 0 Å². The molecular formula is C14H17F3N2O. The Morgan fingerprint density at radius 2 is 1.75 bits per heavy atom. The van der Waals surface area contributed by atoms with Gasteiger partial charge in [-0.3, -0.25) is 4.79 Å². The van der Waals surface area contributed by atoms with Crippen LogP contribution in [0.1, 0.15) is 41.6 Å². The van der Waals surface area contributed by atoms with E-state index < -0.39 is 17.6 Å². The van der Waals surface area contributed by atoms with Crippen molar-refractivity contribution in [3.63, 3.8) is 0 Å². The van der Waals surface area contributed by atoms with Crippen LogP contribution in [0.5, 0.6) is 0 Å². The Balaban J connectivity index is 2.10. The number of halogens is 3. The van der Waals surface area contributed by atoms with Crippen molar-refractivity contribution < 1.29 is 18.0 Å². The number of nitrogens with two attached hydrogens (primary N) is 1. The van der Waals surface area contributed by atoms with Crippen LogP contribution in [0.2, 0.25) is 0 Å². The first-order valence-corrected chi connectivity index (χ1v) is 6.60. The zero-order valence-corrected chi connectivity index (χ0v) is 10.9. The van der Waals surface area contributed by atoms with Crippen molar-refractivity contribution in [1.82, 2.24) is 5.32 Å². The molecule has 1 aromatic rings. The summed E-state index contributed by atoms with van der Waals surface area (Å²) >= 11 is 0. The third-order valence-electron chi connectivity index (χ3n) is 3.58. The predicted molar refractivity (Wildman–Crippen MR) is 69.1 cm³/mol. The second kappa shape index (κ2) is 5.83. The van der Waals surface area contributed by atoms with Gasteiger partial charge < -0.3 is 11.1 Å². The topological polar surface area (TPSA) is 55.1 Å². The number of alkyl halides is 3. The van der Waals surface area contributed by atoms with Gasteiger partial charge in [0.25, 0.3) is 5.91 Å². The van der Waals surface area contributed by atoms with E-state index in [2.05, 4.69) is 5.32 Å². The second-order valence-electron chi connectivity index (χ2n) is 5.13. The van der Waals surface area contributed by atoms with Crippen molar-refractivity contribution in [1.29, 1.82) is 0 Å². The molecule has 0 radical (unpaired) electrons. The molecule has 0 aliphatic heterocycles. The first-order chi connectivity index (χ1) is 9.38. The Kier molecular flexibility index (Phi) is 4.32. The fraction of sp³-hybridized carbons (Fsp3) is 0.500. The second-order valence-corrected chi connectivity index (χ2v) is 5.13. The maximum absolute atomic E-state index is 12.8. The van der Waals surface area contributed by atoms with E-state index >= 15 is 0 Å². The lowest BCUT2D eigenvalue weighted by atomic mass is 9.91. The molecule has 2 rings (SSSR count). The predicted octanol–water partition coefficient (Wildman–Crippen LogP) is 2.71. The highest BCUT2D eigenvalue weighted by atomic mass is 19.4. The molecule has 0 heterocycles. The molecule has 6 heteroatoms. The van der Waals surface area contributed by atoms with Crippen LogP contribution in [-0.2, 0) is 6.18 Å². The normalized spacial score (nSPS) is 23.4. The summed E-state index contributed by atoms with van der Waals surface area (Å²) in [6.45, 7) is 0. The highest BCUT2D eigenvalue weighted by molar-refractivity contribution is 5.96. The minimum atomic E-state index is -4.52. The monoisotopic (exact) mass is 286 g/mol. The van der Waals surface area contributed by atoms with Gasteiger partial charge in [0.05, 0.1) is 11.1 Å². The molecule has 20 heavy (non-hydrogen) atoms. The molecule has 0 unspecified atom stereocenters. The van der Waals surface area contributed by atoms with Gasteiger partial charge in [0.15, 0.2) is 0 Å². The van der Waals surface area contributed by atoms with Gasteiger partial charge >= 0.3 is 6.18 Å². The van der Waals surface area contributed by atoms with E-state index in [4.69, 9.17) is 5.73 Å². The van der Waals surface area contributed by atoms with Crippen LogP contribution in [0.4, 0.5) is 13.2 Å². The van der Waals surface area contributed by atoms with E-state index in [1.807, 2.05) is 0 Å². The molecule has 1 aromatic carbocycles. The van der Waals surface area contributed by atoms with Crippen LogP contribution < -0.4 is 11.1 Å². The number of hydrogen-bond acceptors (Lipinski definition) is 2. The number of carbonyl (C=O) groups excluding carboxylic acids is 1. The fourth-order valence-corrected chi connectivity index (χ4v) is 2.45. The standard InChI is InChI=1S/C14H17F3N2O/c15-14(16,17)12-4-2-1-3-11(12)13(20)19-10-7-5-9(18)6-8-10/h1-4,9-10H,5-8,18H2,(H,19,20). The zero-order chi connectivity index (χ0) is 14.8. The molecule has 1 aliphatic carbocycles. The van der Waals surface area contributed by atoms with Gasteiger partial charge in [-0.15, -0.1) is 0 Å². The molecule has 1 fully saturated rings. The Morgan fingerprint density at radius 3 is 2.35 bits per heavy atom. The van der Waals surface area contributed by atoms with Gasteiger partial charge in [0.1, 0.15) is 0 Å². The molecule has 3 N–H and O–H groups in total. The quantitative estimate of drug-likeness (QED) is 0.878. The van der Waals surface area contributed by atoms with Crippen LogP contribution in [0.25, 0.3) is 0 Å². The Labute approximate surface area is 115 Å². The van der Waals surface area contributed by atoms with Gasteiger partial charge in [-0.05, 0) is 37.8 Å². The Morgan fingerprint density at radius 1 is 1.15 bits per heavy atom. The molecule has 110 valence electrons. The third kappa shape index (κ3) is 3.50. The molecule has 0 saturated heterocycles. The maximum Gasteiger partial charge on any atom is 0.417 e. The first-order valence-electron chi connectivity index (χ1n) is 6.60. The zero-order valence-electron chi connectivity index (χ0n) is 10.9. The molecule has 0 bridgehead atoms. The highest BCUT2D eigenvalue weighted by Gasteiger charge is 2.35. The van der Waals surface area contributed by atoms with Gasteiger partial charge in [-0.1, -0.05) is 12.1 Å². The van der Waals surface area contributed by atoms with E-state index in [1.165, 1.54) is 18.2 Å². The molecule has 1 aliphatic rings. The average Bonchev–Trinajstić information content (AvgIpc) is 2.40. The third-order valence-corrected chi connectivity index (χ3v) is 3.58. The number of amides is 1. The summed E-state index contributed by atoms with van der Waals surface area (Å²) in [5.74, 6) is -0.668. The van der Waals surface area contributed by atoms with E-state index in [0.717, 1.165) is 18.9 Å². The number of hydrogen-bond donors (Lipinski definition) is 2. The summed E-state index contributed by atoms with van der Waals surface area (Å²) in [5, 5.41) is 2.67. The van der Waals surface area contributed by atoms with Crippen LogP contribution in [0.15, 0.2) is 24.3 Å². The largest absolute Gasteiger partial charge is 0.417 e. The first kappa shape index (κ1) is 14.8. The van der Waals surface area contributed by atoms with Gasteiger partial charge in [-0.25, -0.2) is 0 Å². The van der Waals surface area contributed by atoms with Crippen LogP contribution in [0, 0.1) is 0 Å². The van der Waals surface area contributed by atoms with Crippen molar-refractivity contribution in [2.75, 3.05) is 0 Å². The minimum absolute atomic E-state index is 0.0939. The molecule has 1 saturated carbocycles. The fourth-order valence-electron chi connectivity index (χ4n) is 2.45. The maximum atomic E-state index is 12.8. The molecule has 0 atom stereocenters. The van der Waals surface area contributed by atoms with E-state index in [9.17, 15) is 18.0 Å². The molecule has 0 aromatic heterocycles. The van der Waals surface area contributed by atoms with Crippen LogP contribution in [-0.4, -0.2) is 18.0 Å². The molecular weight excluding hydrogens is 269 g/mol. The summed E-state index contributed by atoms with van der Waals surface area (Å²) in [5.41, 5.74) is 4.54. The number of nitrogens with one attached hydrogen (secondary N) is 1. The summed E-state index contributed by atoms with van der Waals surface area (Å²) in [6.07, 6.45) is -1.54. The van der Waals surface area contributed by atoms with E-state index in [-0.39, 0.29) is 17.6 Å².